The highest BCUT2D eigenvalue weighted by atomic mass is 16.6. The molecule has 0 unspecified atom stereocenters. The molecule has 3 heterocycles. The van der Waals surface area contributed by atoms with Crippen molar-refractivity contribution in [3.8, 4) is 17.3 Å². The van der Waals surface area contributed by atoms with E-state index in [0.29, 0.717) is 23.1 Å². The number of anilines is 1. The van der Waals surface area contributed by atoms with E-state index in [2.05, 4.69) is 20.4 Å². The molecule has 0 fully saturated rings. The van der Waals surface area contributed by atoms with Crippen molar-refractivity contribution in [2.75, 3.05) is 5.32 Å². The van der Waals surface area contributed by atoms with Crippen molar-refractivity contribution in [3.05, 3.63) is 54.1 Å². The summed E-state index contributed by atoms with van der Waals surface area (Å²) in [4.78, 5) is 21.1. The van der Waals surface area contributed by atoms with Gasteiger partial charge in [-0.05, 0) is 39.0 Å². The molecule has 4 rings (SSSR count). The molecule has 2 aromatic heterocycles. The number of amides is 1. The Balaban J connectivity index is 1.53. The second kappa shape index (κ2) is 6.71. The molecule has 27 heavy (non-hydrogen) atoms. The van der Waals surface area contributed by atoms with Gasteiger partial charge in [-0.3, -0.25) is 4.79 Å². The third kappa shape index (κ3) is 3.33. The van der Waals surface area contributed by atoms with Crippen LogP contribution in [0.4, 0.5) is 5.82 Å². The number of fused-ring (bicyclic) bond motifs is 1. The zero-order valence-corrected chi connectivity index (χ0v) is 15.2. The molecule has 0 saturated heterocycles. The van der Waals surface area contributed by atoms with Crippen LogP contribution in [0, 0.1) is 13.8 Å². The number of aromatic nitrogens is 4. The van der Waals surface area contributed by atoms with Crippen LogP contribution in [-0.4, -0.2) is 37.9 Å². The average Bonchev–Trinajstić information content (AvgIpc) is 2.99. The average molecular weight is 365 g/mol. The van der Waals surface area contributed by atoms with Gasteiger partial charge in [0, 0.05) is 11.8 Å². The van der Waals surface area contributed by atoms with Gasteiger partial charge < -0.3 is 14.8 Å². The van der Waals surface area contributed by atoms with Gasteiger partial charge in [0.25, 0.3) is 5.91 Å². The Bertz CT molecular complexity index is 1000. The molecule has 2 atom stereocenters. The second-order valence-corrected chi connectivity index (χ2v) is 6.40. The van der Waals surface area contributed by atoms with Crippen LogP contribution in [0.3, 0.4) is 0 Å². The highest BCUT2D eigenvalue weighted by molar-refractivity contribution is 5.94. The van der Waals surface area contributed by atoms with Crippen molar-refractivity contribution in [1.82, 2.24) is 19.7 Å². The zero-order chi connectivity index (χ0) is 19.0. The SMILES string of the molecule is Cc1cc(C)n(-c2cc(NC(=O)[C@H]3Oc4ccccc4O[C@@H]3C)ncn2)n1. The Morgan fingerprint density at radius 1 is 1.11 bits per heavy atom. The summed E-state index contributed by atoms with van der Waals surface area (Å²) in [6, 6.07) is 10.9. The first-order chi connectivity index (χ1) is 13.0. The lowest BCUT2D eigenvalue weighted by Crippen LogP contribution is -2.46. The number of aryl methyl sites for hydroxylation is 2. The van der Waals surface area contributed by atoms with E-state index in [9.17, 15) is 4.79 Å². The molecule has 8 nitrogen and oxygen atoms in total. The van der Waals surface area contributed by atoms with E-state index in [1.165, 1.54) is 6.33 Å². The minimum atomic E-state index is -0.785. The molecule has 3 aromatic rings. The van der Waals surface area contributed by atoms with E-state index in [0.717, 1.165) is 11.4 Å². The van der Waals surface area contributed by atoms with E-state index in [-0.39, 0.29) is 5.91 Å². The Morgan fingerprint density at radius 2 is 1.85 bits per heavy atom. The molecule has 1 aliphatic rings. The first-order valence-electron chi connectivity index (χ1n) is 8.60. The Morgan fingerprint density at radius 3 is 2.56 bits per heavy atom. The smallest absolute Gasteiger partial charge is 0.270 e. The van der Waals surface area contributed by atoms with E-state index in [1.807, 2.05) is 38.1 Å². The summed E-state index contributed by atoms with van der Waals surface area (Å²) < 4.78 is 13.3. The molecular weight excluding hydrogens is 346 g/mol. The monoisotopic (exact) mass is 365 g/mol. The first-order valence-corrected chi connectivity index (χ1v) is 8.60. The van der Waals surface area contributed by atoms with Crippen molar-refractivity contribution in [2.45, 2.75) is 33.0 Å². The van der Waals surface area contributed by atoms with E-state index < -0.39 is 12.2 Å². The standard InChI is InChI=1S/C19H19N5O3/c1-11-8-12(2)24(23-11)17-9-16(20-10-21-17)22-19(25)18-13(3)26-14-6-4-5-7-15(14)27-18/h4-10,13,18H,1-3H3,(H,20,21,22,25)/t13-,18+/m1/s1. The second-order valence-electron chi connectivity index (χ2n) is 6.40. The van der Waals surface area contributed by atoms with Crippen molar-refractivity contribution in [1.29, 1.82) is 0 Å². The van der Waals surface area contributed by atoms with Gasteiger partial charge in [-0.15, -0.1) is 0 Å². The highest BCUT2D eigenvalue weighted by Crippen LogP contribution is 2.33. The fourth-order valence-corrected chi connectivity index (χ4v) is 3.00. The Labute approximate surface area is 156 Å². The number of benzene rings is 1. The fraction of sp³-hybridized carbons (Fsp3) is 0.263. The molecule has 0 bridgehead atoms. The van der Waals surface area contributed by atoms with Crippen molar-refractivity contribution >= 4 is 11.7 Å². The molecule has 1 aromatic carbocycles. The van der Waals surface area contributed by atoms with Gasteiger partial charge in [0.15, 0.2) is 17.3 Å². The minimum Gasteiger partial charge on any atom is -0.482 e. The summed E-state index contributed by atoms with van der Waals surface area (Å²) in [7, 11) is 0. The van der Waals surface area contributed by atoms with Crippen LogP contribution >= 0.6 is 0 Å². The van der Waals surface area contributed by atoms with Crippen LogP contribution < -0.4 is 14.8 Å². The molecule has 0 aliphatic carbocycles. The molecule has 138 valence electrons. The summed E-state index contributed by atoms with van der Waals surface area (Å²) in [5.41, 5.74) is 1.83. The molecule has 8 heteroatoms. The number of rotatable bonds is 3. The molecular formula is C19H19N5O3. The van der Waals surface area contributed by atoms with Gasteiger partial charge in [0.1, 0.15) is 18.2 Å². The third-order valence-corrected chi connectivity index (χ3v) is 4.23. The van der Waals surface area contributed by atoms with Crippen molar-refractivity contribution in [3.63, 3.8) is 0 Å². The lowest BCUT2D eigenvalue weighted by atomic mass is 10.1. The number of carbonyl (C=O) groups excluding carboxylic acids is 1. The summed E-state index contributed by atoms with van der Waals surface area (Å²) in [6.45, 7) is 5.64. The summed E-state index contributed by atoms with van der Waals surface area (Å²) >= 11 is 0. The quantitative estimate of drug-likeness (QED) is 0.767. The molecule has 0 saturated carbocycles. The number of para-hydroxylation sites is 2. The molecule has 0 radical (unpaired) electrons. The first kappa shape index (κ1) is 17.0. The maximum atomic E-state index is 12.7. The largest absolute Gasteiger partial charge is 0.482 e. The van der Waals surface area contributed by atoms with E-state index in [4.69, 9.17) is 9.47 Å². The lowest BCUT2D eigenvalue weighted by Gasteiger charge is -2.30. The number of hydrogen-bond acceptors (Lipinski definition) is 6. The van der Waals surface area contributed by atoms with Gasteiger partial charge in [0.05, 0.1) is 5.69 Å². The predicted molar refractivity (Wildman–Crippen MR) is 98.2 cm³/mol. The topological polar surface area (TPSA) is 91.2 Å². The van der Waals surface area contributed by atoms with Crippen LogP contribution in [0.15, 0.2) is 42.7 Å². The molecule has 1 aliphatic heterocycles. The van der Waals surface area contributed by atoms with Crippen molar-refractivity contribution < 1.29 is 14.3 Å². The Hall–Kier alpha value is -3.42. The van der Waals surface area contributed by atoms with Crippen LogP contribution in [0.2, 0.25) is 0 Å². The number of nitrogens with one attached hydrogen (secondary N) is 1. The van der Waals surface area contributed by atoms with E-state index >= 15 is 0 Å². The predicted octanol–water partition coefficient (Wildman–Crippen LogP) is 2.45. The van der Waals surface area contributed by atoms with Crippen molar-refractivity contribution in [2.24, 2.45) is 0 Å². The number of ether oxygens (including phenoxy) is 2. The third-order valence-electron chi connectivity index (χ3n) is 4.23. The number of hydrogen-bond donors (Lipinski definition) is 1. The summed E-state index contributed by atoms with van der Waals surface area (Å²) in [5, 5.41) is 7.17. The van der Waals surface area contributed by atoms with Crippen LogP contribution in [-0.2, 0) is 4.79 Å². The van der Waals surface area contributed by atoms with Gasteiger partial charge in [0.2, 0.25) is 6.10 Å². The fourth-order valence-electron chi connectivity index (χ4n) is 3.00. The van der Waals surface area contributed by atoms with Gasteiger partial charge >= 0.3 is 0 Å². The van der Waals surface area contributed by atoms with Crippen LogP contribution in [0.5, 0.6) is 11.5 Å². The van der Waals surface area contributed by atoms with Crippen LogP contribution in [0.1, 0.15) is 18.3 Å². The summed E-state index contributed by atoms with van der Waals surface area (Å²) in [5.74, 6) is 1.78. The lowest BCUT2D eigenvalue weighted by molar-refractivity contribution is -0.128. The maximum Gasteiger partial charge on any atom is 0.270 e. The van der Waals surface area contributed by atoms with Gasteiger partial charge in [-0.1, -0.05) is 12.1 Å². The minimum absolute atomic E-state index is 0.338. The van der Waals surface area contributed by atoms with Crippen LogP contribution in [0.25, 0.3) is 5.82 Å². The molecule has 1 N–H and O–H groups in total. The summed E-state index contributed by atoms with van der Waals surface area (Å²) in [6.07, 6.45) is 0.169. The Kier molecular flexibility index (Phi) is 4.23. The van der Waals surface area contributed by atoms with E-state index in [1.54, 1.807) is 23.7 Å². The van der Waals surface area contributed by atoms with Gasteiger partial charge in [-0.2, -0.15) is 5.10 Å². The number of carbonyl (C=O) groups is 1. The zero-order valence-electron chi connectivity index (χ0n) is 15.2. The molecule has 1 amide bonds. The number of nitrogens with zero attached hydrogens (tertiary/aromatic N) is 4. The molecule has 0 spiro atoms. The maximum absolute atomic E-state index is 12.7. The highest BCUT2D eigenvalue weighted by Gasteiger charge is 2.34. The van der Waals surface area contributed by atoms with Gasteiger partial charge in [-0.25, -0.2) is 14.6 Å². The normalized spacial score (nSPS) is 18.2.